The Kier molecular flexibility index (Phi) is 4.50. The van der Waals surface area contributed by atoms with Gasteiger partial charge >= 0.3 is 0 Å². The standard InChI is InChI=1S/C16H27NS/c1-12(17-10-9-16(2,3)4)15-11-13-7-5-6-8-14(13)18-15/h11-12,17H,5-10H2,1-4H3. The lowest BCUT2D eigenvalue weighted by molar-refractivity contribution is 0.358. The summed E-state index contributed by atoms with van der Waals surface area (Å²) >= 11 is 2.04. The van der Waals surface area contributed by atoms with Crippen molar-refractivity contribution in [2.75, 3.05) is 6.54 Å². The number of fused-ring (bicyclic) bond motifs is 1. The van der Waals surface area contributed by atoms with Gasteiger partial charge in [0, 0.05) is 15.8 Å². The normalized spacial score (nSPS) is 17.6. The molecule has 0 saturated heterocycles. The van der Waals surface area contributed by atoms with Crippen LogP contribution in [-0.2, 0) is 12.8 Å². The Bertz CT molecular complexity index is 363. The van der Waals surface area contributed by atoms with E-state index in [0.29, 0.717) is 11.5 Å². The van der Waals surface area contributed by atoms with Gasteiger partial charge in [-0.2, -0.15) is 0 Å². The number of thiophene rings is 1. The van der Waals surface area contributed by atoms with E-state index in [-0.39, 0.29) is 0 Å². The molecule has 1 nitrogen and oxygen atoms in total. The molecule has 0 saturated carbocycles. The Morgan fingerprint density at radius 2 is 2.00 bits per heavy atom. The highest BCUT2D eigenvalue weighted by molar-refractivity contribution is 7.12. The van der Waals surface area contributed by atoms with Crippen molar-refractivity contribution in [2.45, 2.75) is 65.8 Å². The highest BCUT2D eigenvalue weighted by atomic mass is 32.1. The van der Waals surface area contributed by atoms with Crippen molar-refractivity contribution in [3.05, 3.63) is 21.4 Å². The lowest BCUT2D eigenvalue weighted by atomic mass is 9.92. The maximum atomic E-state index is 3.68. The van der Waals surface area contributed by atoms with Gasteiger partial charge < -0.3 is 5.32 Å². The predicted octanol–water partition coefficient (Wildman–Crippen LogP) is 4.71. The molecule has 1 heterocycles. The average molecular weight is 265 g/mol. The molecule has 0 bridgehead atoms. The van der Waals surface area contributed by atoms with Crippen LogP contribution < -0.4 is 5.32 Å². The summed E-state index contributed by atoms with van der Waals surface area (Å²) in [4.78, 5) is 3.19. The summed E-state index contributed by atoms with van der Waals surface area (Å²) in [5, 5.41) is 3.68. The Balaban J connectivity index is 1.89. The zero-order chi connectivity index (χ0) is 13.2. The average Bonchev–Trinajstić information content (AvgIpc) is 2.70. The van der Waals surface area contributed by atoms with Crippen LogP contribution in [0.15, 0.2) is 6.07 Å². The zero-order valence-electron chi connectivity index (χ0n) is 12.3. The molecule has 2 heteroatoms. The van der Waals surface area contributed by atoms with Gasteiger partial charge in [-0.05, 0) is 62.6 Å². The largest absolute Gasteiger partial charge is 0.309 e. The van der Waals surface area contributed by atoms with Crippen LogP contribution in [0.5, 0.6) is 0 Å². The Morgan fingerprint density at radius 1 is 1.28 bits per heavy atom. The van der Waals surface area contributed by atoms with E-state index in [0.717, 1.165) is 6.54 Å². The first kappa shape index (κ1) is 14.1. The minimum absolute atomic E-state index is 0.432. The monoisotopic (exact) mass is 265 g/mol. The Hall–Kier alpha value is -0.340. The lowest BCUT2D eigenvalue weighted by Gasteiger charge is -2.20. The fourth-order valence-electron chi connectivity index (χ4n) is 2.49. The van der Waals surface area contributed by atoms with Gasteiger partial charge in [0.2, 0.25) is 0 Å². The first-order valence-electron chi connectivity index (χ1n) is 7.30. The van der Waals surface area contributed by atoms with E-state index in [1.54, 1.807) is 10.4 Å². The van der Waals surface area contributed by atoms with Crippen molar-refractivity contribution < 1.29 is 0 Å². The molecule has 0 amide bonds. The third kappa shape index (κ3) is 3.83. The van der Waals surface area contributed by atoms with E-state index in [4.69, 9.17) is 0 Å². The van der Waals surface area contributed by atoms with Crippen molar-refractivity contribution in [3.63, 3.8) is 0 Å². The van der Waals surface area contributed by atoms with E-state index in [1.165, 1.54) is 37.0 Å². The molecule has 1 N–H and O–H groups in total. The Labute approximate surface area is 116 Å². The highest BCUT2D eigenvalue weighted by Crippen LogP contribution is 2.32. The topological polar surface area (TPSA) is 12.0 Å². The molecule has 102 valence electrons. The van der Waals surface area contributed by atoms with Crippen molar-refractivity contribution in [2.24, 2.45) is 5.41 Å². The second-order valence-corrected chi connectivity index (χ2v) is 7.96. The predicted molar refractivity (Wildman–Crippen MR) is 81.5 cm³/mol. The van der Waals surface area contributed by atoms with Crippen LogP contribution in [0.25, 0.3) is 0 Å². The number of hydrogen-bond donors (Lipinski definition) is 1. The molecule has 0 aromatic carbocycles. The molecule has 1 aromatic heterocycles. The number of nitrogens with one attached hydrogen (secondary N) is 1. The molecule has 2 rings (SSSR count). The summed E-state index contributed by atoms with van der Waals surface area (Å²) in [6.45, 7) is 10.3. The van der Waals surface area contributed by atoms with Crippen LogP contribution in [0.1, 0.15) is 68.3 Å². The molecule has 1 aliphatic carbocycles. The van der Waals surface area contributed by atoms with Gasteiger partial charge in [-0.25, -0.2) is 0 Å². The van der Waals surface area contributed by atoms with Gasteiger partial charge in [-0.3, -0.25) is 0 Å². The smallest absolute Gasteiger partial charge is 0.0386 e. The van der Waals surface area contributed by atoms with Gasteiger partial charge in [0.05, 0.1) is 0 Å². The van der Waals surface area contributed by atoms with Crippen molar-refractivity contribution >= 4 is 11.3 Å². The first-order chi connectivity index (χ1) is 8.46. The molecule has 1 aliphatic rings. The molecule has 18 heavy (non-hydrogen) atoms. The molecule has 0 radical (unpaired) electrons. The number of hydrogen-bond acceptors (Lipinski definition) is 2. The summed E-state index contributed by atoms with van der Waals surface area (Å²) < 4.78 is 0. The summed E-state index contributed by atoms with van der Waals surface area (Å²) in [5.74, 6) is 0. The van der Waals surface area contributed by atoms with E-state index in [9.17, 15) is 0 Å². The van der Waals surface area contributed by atoms with Crippen LogP contribution in [0.4, 0.5) is 0 Å². The third-order valence-corrected chi connectivity index (χ3v) is 5.19. The molecular formula is C16H27NS. The zero-order valence-corrected chi connectivity index (χ0v) is 13.1. The van der Waals surface area contributed by atoms with Crippen molar-refractivity contribution in [1.82, 2.24) is 5.32 Å². The minimum Gasteiger partial charge on any atom is -0.309 e. The van der Waals surface area contributed by atoms with Crippen LogP contribution in [0.3, 0.4) is 0 Å². The van der Waals surface area contributed by atoms with Crippen LogP contribution in [-0.4, -0.2) is 6.54 Å². The minimum atomic E-state index is 0.432. The van der Waals surface area contributed by atoms with Crippen LogP contribution in [0, 0.1) is 5.41 Å². The van der Waals surface area contributed by atoms with E-state index >= 15 is 0 Å². The maximum absolute atomic E-state index is 3.68. The molecule has 1 atom stereocenters. The molecule has 1 aromatic rings. The molecule has 1 unspecified atom stereocenters. The molecule has 0 aliphatic heterocycles. The summed E-state index contributed by atoms with van der Waals surface area (Å²) in [6.07, 6.45) is 6.63. The van der Waals surface area contributed by atoms with Gasteiger partial charge in [-0.15, -0.1) is 11.3 Å². The first-order valence-corrected chi connectivity index (χ1v) is 8.12. The fraction of sp³-hybridized carbons (Fsp3) is 0.750. The summed E-state index contributed by atoms with van der Waals surface area (Å²) in [5.41, 5.74) is 2.06. The molecule has 0 spiro atoms. The molecular weight excluding hydrogens is 238 g/mol. The SMILES string of the molecule is CC(NCCC(C)(C)C)c1cc2c(s1)CCCC2. The van der Waals surface area contributed by atoms with Gasteiger partial charge in [0.1, 0.15) is 0 Å². The quantitative estimate of drug-likeness (QED) is 0.831. The second kappa shape index (κ2) is 5.75. The number of rotatable bonds is 4. The molecule has 0 fully saturated rings. The maximum Gasteiger partial charge on any atom is 0.0386 e. The van der Waals surface area contributed by atoms with E-state index < -0.39 is 0 Å². The Morgan fingerprint density at radius 3 is 2.67 bits per heavy atom. The lowest BCUT2D eigenvalue weighted by Crippen LogP contribution is -2.23. The van der Waals surface area contributed by atoms with E-state index in [2.05, 4.69) is 39.1 Å². The number of aryl methyl sites for hydroxylation is 2. The fourth-order valence-corrected chi connectivity index (χ4v) is 3.78. The third-order valence-electron chi connectivity index (χ3n) is 3.77. The van der Waals surface area contributed by atoms with Gasteiger partial charge in [0.15, 0.2) is 0 Å². The van der Waals surface area contributed by atoms with E-state index in [1.807, 2.05) is 11.3 Å². The summed E-state index contributed by atoms with van der Waals surface area (Å²) in [6, 6.07) is 2.97. The van der Waals surface area contributed by atoms with Crippen LogP contribution >= 0.6 is 11.3 Å². The summed E-state index contributed by atoms with van der Waals surface area (Å²) in [7, 11) is 0. The van der Waals surface area contributed by atoms with Gasteiger partial charge in [-0.1, -0.05) is 20.8 Å². The van der Waals surface area contributed by atoms with Crippen LogP contribution in [0.2, 0.25) is 0 Å². The van der Waals surface area contributed by atoms with Crippen molar-refractivity contribution in [1.29, 1.82) is 0 Å². The second-order valence-electron chi connectivity index (χ2n) is 6.79. The van der Waals surface area contributed by atoms with Crippen molar-refractivity contribution in [3.8, 4) is 0 Å². The van der Waals surface area contributed by atoms with Gasteiger partial charge in [0.25, 0.3) is 0 Å². The highest BCUT2D eigenvalue weighted by Gasteiger charge is 2.17.